The summed E-state index contributed by atoms with van der Waals surface area (Å²) in [6.45, 7) is 2.26. The fourth-order valence-corrected chi connectivity index (χ4v) is 2.27. The Kier molecular flexibility index (Phi) is 9.64. The van der Waals surface area contributed by atoms with Gasteiger partial charge in [0.25, 0.3) is 0 Å². The molecular formula is C18H29NO. The van der Waals surface area contributed by atoms with Crippen molar-refractivity contribution in [3.05, 3.63) is 24.3 Å². The topological polar surface area (TPSA) is 21.6 Å². The highest BCUT2D eigenvalue weighted by atomic mass is 16.5. The lowest BCUT2D eigenvalue weighted by Gasteiger charge is -2.02. The first-order chi connectivity index (χ1) is 9.88. The molecule has 0 radical (unpaired) electrons. The number of nitrogens with zero attached hydrogens (tertiary/aromatic N) is 1. The number of para-hydroxylation sites is 2. The molecule has 0 saturated heterocycles. The van der Waals surface area contributed by atoms with Crippen molar-refractivity contribution >= 4 is 11.9 Å². The standard InChI is InChI=1S/C18H29NO/c1-3-4-5-6-7-8-9-10-13-16-19-17-14-11-12-15-18(17)20-2/h11-12,14-16H,3-10,13H2,1-2H3. The SMILES string of the molecule is CCCCCCCCCCC=Nc1ccccc1OC. The Morgan fingerprint density at radius 1 is 0.950 bits per heavy atom. The first kappa shape index (κ1) is 16.7. The van der Waals surface area contributed by atoms with Crippen molar-refractivity contribution in [1.82, 2.24) is 0 Å². The predicted molar refractivity (Wildman–Crippen MR) is 88.4 cm³/mol. The Balaban J connectivity index is 2.07. The molecule has 0 saturated carbocycles. The van der Waals surface area contributed by atoms with Crippen LogP contribution in [0.1, 0.15) is 64.7 Å². The molecule has 0 aliphatic rings. The molecule has 0 atom stereocenters. The Morgan fingerprint density at radius 3 is 2.30 bits per heavy atom. The van der Waals surface area contributed by atoms with Gasteiger partial charge in [0.15, 0.2) is 0 Å². The lowest BCUT2D eigenvalue weighted by Crippen LogP contribution is -1.84. The molecule has 0 unspecified atom stereocenters. The van der Waals surface area contributed by atoms with Crippen LogP contribution in [0.5, 0.6) is 5.75 Å². The van der Waals surface area contributed by atoms with E-state index >= 15 is 0 Å². The molecule has 2 heteroatoms. The highest BCUT2D eigenvalue weighted by molar-refractivity contribution is 5.66. The average molecular weight is 275 g/mol. The summed E-state index contributed by atoms with van der Waals surface area (Å²) in [4.78, 5) is 4.49. The van der Waals surface area contributed by atoms with Crippen LogP contribution in [-0.2, 0) is 0 Å². The zero-order chi connectivity index (χ0) is 14.5. The summed E-state index contributed by atoms with van der Waals surface area (Å²) in [5.41, 5.74) is 0.926. The van der Waals surface area contributed by atoms with Crippen LogP contribution in [0.3, 0.4) is 0 Å². The molecule has 0 aliphatic heterocycles. The van der Waals surface area contributed by atoms with Crippen molar-refractivity contribution in [2.24, 2.45) is 4.99 Å². The van der Waals surface area contributed by atoms with Crippen LogP contribution in [0.25, 0.3) is 0 Å². The van der Waals surface area contributed by atoms with Gasteiger partial charge in [0.2, 0.25) is 0 Å². The van der Waals surface area contributed by atoms with Crippen molar-refractivity contribution in [3.8, 4) is 5.75 Å². The quantitative estimate of drug-likeness (QED) is 0.362. The number of methoxy groups -OCH3 is 1. The highest BCUT2D eigenvalue weighted by Crippen LogP contribution is 2.25. The molecule has 0 aromatic heterocycles. The highest BCUT2D eigenvalue weighted by Gasteiger charge is 1.97. The fourth-order valence-electron chi connectivity index (χ4n) is 2.27. The molecule has 112 valence electrons. The molecule has 1 aromatic carbocycles. The molecule has 1 rings (SSSR count). The molecule has 0 amide bonds. The van der Waals surface area contributed by atoms with E-state index in [1.54, 1.807) is 7.11 Å². The number of unbranched alkanes of at least 4 members (excludes halogenated alkanes) is 8. The minimum absolute atomic E-state index is 0.847. The van der Waals surface area contributed by atoms with Gasteiger partial charge in [-0.05, 0) is 25.0 Å². The van der Waals surface area contributed by atoms with Crippen LogP contribution >= 0.6 is 0 Å². The van der Waals surface area contributed by atoms with Gasteiger partial charge in [0.1, 0.15) is 11.4 Å². The van der Waals surface area contributed by atoms with E-state index in [4.69, 9.17) is 4.74 Å². The lowest BCUT2D eigenvalue weighted by molar-refractivity contribution is 0.416. The van der Waals surface area contributed by atoms with Crippen molar-refractivity contribution < 1.29 is 4.74 Å². The van der Waals surface area contributed by atoms with Crippen molar-refractivity contribution in [3.63, 3.8) is 0 Å². The monoisotopic (exact) mass is 275 g/mol. The van der Waals surface area contributed by atoms with Crippen LogP contribution < -0.4 is 4.74 Å². The first-order valence-electron chi connectivity index (χ1n) is 8.04. The van der Waals surface area contributed by atoms with E-state index < -0.39 is 0 Å². The van der Waals surface area contributed by atoms with Gasteiger partial charge in [0, 0.05) is 6.21 Å². The van der Waals surface area contributed by atoms with E-state index in [0.717, 1.165) is 17.9 Å². The number of aliphatic imine (C=N–C) groups is 1. The maximum absolute atomic E-state index is 5.27. The van der Waals surface area contributed by atoms with Crippen LogP contribution in [0, 0.1) is 0 Å². The second-order valence-electron chi connectivity index (χ2n) is 5.25. The first-order valence-corrected chi connectivity index (χ1v) is 8.04. The van der Waals surface area contributed by atoms with Crippen LogP contribution in [-0.4, -0.2) is 13.3 Å². The van der Waals surface area contributed by atoms with Gasteiger partial charge >= 0.3 is 0 Å². The number of rotatable bonds is 11. The molecule has 1 aromatic rings. The molecule has 0 fully saturated rings. The van der Waals surface area contributed by atoms with Gasteiger partial charge in [-0.2, -0.15) is 0 Å². The second kappa shape index (κ2) is 11.5. The maximum atomic E-state index is 5.27. The molecule has 0 bridgehead atoms. The minimum Gasteiger partial charge on any atom is -0.494 e. The summed E-state index contributed by atoms with van der Waals surface area (Å²) in [6.07, 6.45) is 14.0. The third-order valence-electron chi connectivity index (χ3n) is 3.50. The Morgan fingerprint density at radius 2 is 1.60 bits per heavy atom. The van der Waals surface area contributed by atoms with Crippen molar-refractivity contribution in [2.45, 2.75) is 64.7 Å². The van der Waals surface area contributed by atoms with E-state index in [0.29, 0.717) is 0 Å². The van der Waals surface area contributed by atoms with Gasteiger partial charge < -0.3 is 4.74 Å². The maximum Gasteiger partial charge on any atom is 0.144 e. The smallest absolute Gasteiger partial charge is 0.144 e. The van der Waals surface area contributed by atoms with Crippen molar-refractivity contribution in [2.75, 3.05) is 7.11 Å². The van der Waals surface area contributed by atoms with E-state index in [2.05, 4.69) is 11.9 Å². The zero-order valence-electron chi connectivity index (χ0n) is 13.1. The summed E-state index contributed by atoms with van der Waals surface area (Å²) >= 11 is 0. The molecular weight excluding hydrogens is 246 g/mol. The summed E-state index contributed by atoms with van der Waals surface area (Å²) < 4.78 is 5.27. The van der Waals surface area contributed by atoms with Gasteiger partial charge in [-0.3, -0.25) is 4.99 Å². The molecule has 0 N–H and O–H groups in total. The van der Waals surface area contributed by atoms with Gasteiger partial charge in [0.05, 0.1) is 7.11 Å². The minimum atomic E-state index is 0.847. The van der Waals surface area contributed by atoms with Crippen molar-refractivity contribution in [1.29, 1.82) is 0 Å². The molecule has 0 heterocycles. The van der Waals surface area contributed by atoms with Crippen LogP contribution in [0.15, 0.2) is 29.3 Å². The second-order valence-corrected chi connectivity index (χ2v) is 5.25. The number of benzene rings is 1. The van der Waals surface area contributed by atoms with Crippen LogP contribution in [0.4, 0.5) is 5.69 Å². The summed E-state index contributed by atoms with van der Waals surface area (Å²) in [7, 11) is 1.69. The van der Waals surface area contributed by atoms with E-state index in [1.165, 1.54) is 51.4 Å². The third-order valence-corrected chi connectivity index (χ3v) is 3.50. The Labute approximate surface area is 124 Å². The average Bonchev–Trinajstić information content (AvgIpc) is 2.49. The number of hydrogen-bond acceptors (Lipinski definition) is 2. The number of ether oxygens (including phenoxy) is 1. The van der Waals surface area contributed by atoms with Gasteiger partial charge in [-0.25, -0.2) is 0 Å². The molecule has 2 nitrogen and oxygen atoms in total. The zero-order valence-corrected chi connectivity index (χ0v) is 13.1. The van der Waals surface area contributed by atoms with Gasteiger partial charge in [-0.1, -0.05) is 64.0 Å². The van der Waals surface area contributed by atoms with Crippen LogP contribution in [0.2, 0.25) is 0 Å². The van der Waals surface area contributed by atoms with Gasteiger partial charge in [-0.15, -0.1) is 0 Å². The third kappa shape index (κ3) is 7.32. The molecule has 20 heavy (non-hydrogen) atoms. The van der Waals surface area contributed by atoms with E-state index in [-0.39, 0.29) is 0 Å². The number of hydrogen-bond donors (Lipinski definition) is 0. The fraction of sp³-hybridized carbons (Fsp3) is 0.611. The van der Waals surface area contributed by atoms with E-state index in [9.17, 15) is 0 Å². The summed E-state index contributed by atoms with van der Waals surface area (Å²) in [6, 6.07) is 7.90. The normalized spacial score (nSPS) is 11.1. The van der Waals surface area contributed by atoms with E-state index in [1.807, 2.05) is 30.5 Å². The Bertz CT molecular complexity index is 373. The molecule has 0 spiro atoms. The molecule has 0 aliphatic carbocycles. The lowest BCUT2D eigenvalue weighted by atomic mass is 10.1. The Hall–Kier alpha value is -1.31. The summed E-state index contributed by atoms with van der Waals surface area (Å²) in [5.74, 6) is 0.847. The summed E-state index contributed by atoms with van der Waals surface area (Å²) in [5, 5.41) is 0. The predicted octanol–water partition coefficient (Wildman–Crippen LogP) is 5.93. The largest absolute Gasteiger partial charge is 0.494 e.